The normalized spacial score (nSPS) is 20.4. The van der Waals surface area contributed by atoms with Crippen LogP contribution in [0.5, 0.6) is 0 Å². The van der Waals surface area contributed by atoms with Gasteiger partial charge in [-0.05, 0) is 53.6 Å². The van der Waals surface area contributed by atoms with E-state index in [9.17, 15) is 9.59 Å². The zero-order chi connectivity index (χ0) is 13.9. The van der Waals surface area contributed by atoms with Crippen LogP contribution in [0, 0.1) is 5.92 Å². The van der Waals surface area contributed by atoms with E-state index >= 15 is 0 Å². The number of allylic oxidation sites excluding steroid dienone is 2. The SMILES string of the molecule is CC(C)C[C@H](NC(=O)C1=CC=CS1(Cl)Cl)C(=O)O. The number of nitrogens with one attached hydrogen (secondary N) is 1. The van der Waals surface area contributed by atoms with Crippen LogP contribution in [0.15, 0.2) is 22.5 Å². The van der Waals surface area contributed by atoms with E-state index in [-0.39, 0.29) is 10.8 Å². The number of amides is 1. The zero-order valence-corrected chi connectivity index (χ0v) is 12.4. The van der Waals surface area contributed by atoms with Crippen molar-refractivity contribution in [1.29, 1.82) is 0 Å². The first-order valence-electron chi connectivity index (χ1n) is 5.38. The number of hydrogen-bond donors (Lipinski definition) is 2. The number of halogens is 2. The van der Waals surface area contributed by atoms with Gasteiger partial charge in [0.1, 0.15) is 6.04 Å². The Hall–Kier alpha value is -0.650. The predicted octanol–water partition coefficient (Wildman–Crippen LogP) is 3.13. The molecule has 0 radical (unpaired) electrons. The Morgan fingerprint density at radius 1 is 1.44 bits per heavy atom. The zero-order valence-electron chi connectivity index (χ0n) is 10.0. The summed E-state index contributed by atoms with van der Waals surface area (Å²) < 4.78 is 0. The Morgan fingerprint density at radius 2 is 2.06 bits per heavy atom. The summed E-state index contributed by atoms with van der Waals surface area (Å²) >= 11 is 0. The summed E-state index contributed by atoms with van der Waals surface area (Å²) in [4.78, 5) is 23.2. The van der Waals surface area contributed by atoms with Gasteiger partial charge in [0.25, 0.3) is 5.91 Å². The van der Waals surface area contributed by atoms with E-state index in [0.717, 1.165) is 0 Å². The maximum Gasteiger partial charge on any atom is 0.326 e. The molecule has 7 heteroatoms. The summed E-state index contributed by atoms with van der Waals surface area (Å²) in [5, 5.41) is 13.0. The molecular weight excluding hydrogens is 297 g/mol. The minimum Gasteiger partial charge on any atom is -0.480 e. The molecule has 0 aliphatic carbocycles. The van der Waals surface area contributed by atoms with Crippen LogP contribution in [0.3, 0.4) is 0 Å². The Bertz CT molecular complexity index is 419. The molecule has 1 aliphatic rings. The van der Waals surface area contributed by atoms with Crippen LogP contribution in [0.4, 0.5) is 0 Å². The van der Waals surface area contributed by atoms with E-state index in [1.807, 2.05) is 13.8 Å². The third-order valence-electron chi connectivity index (χ3n) is 2.32. The van der Waals surface area contributed by atoms with Gasteiger partial charge < -0.3 is 10.4 Å². The summed E-state index contributed by atoms with van der Waals surface area (Å²) in [7, 11) is 9.70. The second-order valence-corrected chi connectivity index (χ2v) is 9.49. The smallest absolute Gasteiger partial charge is 0.326 e. The average molecular weight is 312 g/mol. The number of hydrogen-bond acceptors (Lipinski definition) is 2. The summed E-state index contributed by atoms with van der Waals surface area (Å²) in [6.07, 6.45) is 3.47. The lowest BCUT2D eigenvalue weighted by molar-refractivity contribution is -0.141. The lowest BCUT2D eigenvalue weighted by atomic mass is 10.0. The molecule has 0 fully saturated rings. The van der Waals surface area contributed by atoms with Crippen molar-refractivity contribution >= 4 is 41.7 Å². The average Bonchev–Trinajstić information content (AvgIpc) is 2.56. The minimum atomic E-state index is -2.27. The molecule has 1 rings (SSSR count). The molecule has 0 aromatic heterocycles. The standard InChI is InChI=1S/C11H15Cl2NO3S/c1-7(2)6-8(11(16)17)14-10(15)9-4-3-5-18(9,12)13/h3-5,7-8H,6H2,1-2H3,(H,14,15)(H,16,17)/t8-/m0/s1. The van der Waals surface area contributed by atoms with Gasteiger partial charge in [0, 0.05) is 0 Å². The first kappa shape index (κ1) is 15.4. The number of carboxylic acids is 1. The van der Waals surface area contributed by atoms with Crippen LogP contribution in [-0.2, 0) is 9.59 Å². The van der Waals surface area contributed by atoms with Gasteiger partial charge in [-0.3, -0.25) is 4.79 Å². The molecule has 1 atom stereocenters. The van der Waals surface area contributed by atoms with Gasteiger partial charge in [-0.15, -0.1) is 0 Å². The number of carbonyl (C=O) groups is 2. The summed E-state index contributed by atoms with van der Waals surface area (Å²) in [5.41, 5.74) is 0. The first-order valence-corrected chi connectivity index (χ1v) is 8.73. The van der Waals surface area contributed by atoms with E-state index < -0.39 is 26.4 Å². The highest BCUT2D eigenvalue weighted by atomic mass is 36.0. The van der Waals surface area contributed by atoms with Crippen LogP contribution in [0.2, 0.25) is 0 Å². The molecule has 1 amide bonds. The third kappa shape index (κ3) is 3.93. The molecule has 0 saturated carbocycles. The number of carboxylic acid groups (broad SMARTS) is 1. The van der Waals surface area contributed by atoms with E-state index in [4.69, 9.17) is 26.5 Å². The predicted molar refractivity (Wildman–Crippen MR) is 75.5 cm³/mol. The van der Waals surface area contributed by atoms with Crippen molar-refractivity contribution in [2.45, 2.75) is 26.3 Å². The molecular formula is C11H15Cl2NO3S. The molecule has 18 heavy (non-hydrogen) atoms. The molecule has 1 heterocycles. The second kappa shape index (κ2) is 5.99. The number of aliphatic carboxylic acids is 1. The number of carbonyl (C=O) groups excluding carboxylic acids is 1. The van der Waals surface area contributed by atoms with Crippen molar-refractivity contribution in [1.82, 2.24) is 5.32 Å². The Labute approximate surface area is 116 Å². The highest BCUT2D eigenvalue weighted by Crippen LogP contribution is 2.68. The lowest BCUT2D eigenvalue weighted by Crippen LogP contribution is -2.42. The summed E-state index contributed by atoms with van der Waals surface area (Å²) in [5.74, 6) is -1.42. The molecule has 4 nitrogen and oxygen atoms in total. The number of rotatable bonds is 5. The first-order chi connectivity index (χ1) is 8.24. The van der Waals surface area contributed by atoms with Crippen LogP contribution in [0.1, 0.15) is 20.3 Å². The van der Waals surface area contributed by atoms with Gasteiger partial charge in [0.2, 0.25) is 0 Å². The fraction of sp³-hybridized carbons (Fsp3) is 0.455. The van der Waals surface area contributed by atoms with E-state index in [0.29, 0.717) is 6.42 Å². The Morgan fingerprint density at radius 3 is 2.44 bits per heavy atom. The Balaban J connectivity index is 2.71. The molecule has 0 unspecified atom stereocenters. The van der Waals surface area contributed by atoms with Crippen LogP contribution < -0.4 is 5.32 Å². The molecule has 2 N–H and O–H groups in total. The van der Waals surface area contributed by atoms with Crippen LogP contribution in [0.25, 0.3) is 0 Å². The van der Waals surface area contributed by atoms with E-state index in [2.05, 4.69) is 5.32 Å². The largest absolute Gasteiger partial charge is 0.480 e. The topological polar surface area (TPSA) is 66.4 Å². The van der Waals surface area contributed by atoms with Crippen LogP contribution >= 0.6 is 29.8 Å². The highest BCUT2D eigenvalue weighted by Gasteiger charge is 2.32. The monoisotopic (exact) mass is 311 g/mol. The molecule has 1 aliphatic heterocycles. The van der Waals surface area contributed by atoms with Gasteiger partial charge in [-0.1, -0.05) is 19.9 Å². The Kier molecular flexibility index (Phi) is 5.13. The maximum atomic E-state index is 11.9. The third-order valence-corrected chi connectivity index (χ3v) is 5.35. The minimum absolute atomic E-state index is 0.159. The maximum absolute atomic E-state index is 11.9. The van der Waals surface area contributed by atoms with Crippen LogP contribution in [-0.4, -0.2) is 23.0 Å². The van der Waals surface area contributed by atoms with Gasteiger partial charge in [-0.2, -0.15) is 0 Å². The quantitative estimate of drug-likeness (QED) is 0.819. The lowest BCUT2D eigenvalue weighted by Gasteiger charge is -2.22. The fourth-order valence-electron chi connectivity index (χ4n) is 1.51. The summed E-state index contributed by atoms with van der Waals surface area (Å²) in [6, 6.07) is -0.928. The van der Waals surface area contributed by atoms with Crippen molar-refractivity contribution in [3.63, 3.8) is 0 Å². The van der Waals surface area contributed by atoms with Gasteiger partial charge >= 0.3 is 5.97 Å². The van der Waals surface area contributed by atoms with E-state index in [1.54, 1.807) is 11.5 Å². The van der Waals surface area contributed by atoms with Crippen molar-refractivity contribution in [3.8, 4) is 0 Å². The van der Waals surface area contributed by atoms with E-state index in [1.165, 1.54) is 6.08 Å². The van der Waals surface area contributed by atoms with Crippen molar-refractivity contribution in [3.05, 3.63) is 22.5 Å². The van der Waals surface area contributed by atoms with Crippen molar-refractivity contribution < 1.29 is 14.7 Å². The molecule has 0 spiro atoms. The van der Waals surface area contributed by atoms with Gasteiger partial charge in [0.15, 0.2) is 0 Å². The molecule has 102 valence electrons. The van der Waals surface area contributed by atoms with Crippen molar-refractivity contribution in [2.75, 3.05) is 0 Å². The van der Waals surface area contributed by atoms with Gasteiger partial charge in [-0.25, -0.2) is 4.79 Å². The molecule has 0 bridgehead atoms. The summed E-state index contributed by atoms with van der Waals surface area (Å²) in [6.45, 7) is 3.77. The molecule has 0 aromatic rings. The highest BCUT2D eigenvalue weighted by molar-refractivity contribution is 8.70. The molecule has 0 aromatic carbocycles. The molecule has 0 saturated heterocycles. The van der Waals surface area contributed by atoms with Gasteiger partial charge in [0.05, 0.1) is 4.91 Å². The van der Waals surface area contributed by atoms with Crippen molar-refractivity contribution in [2.24, 2.45) is 5.92 Å². The fourth-order valence-corrected chi connectivity index (χ4v) is 3.58. The second-order valence-electron chi connectivity index (χ2n) is 4.36.